The van der Waals surface area contributed by atoms with Crippen molar-refractivity contribution in [3.05, 3.63) is 23.8 Å². The maximum atomic E-state index is 12.4. The van der Waals surface area contributed by atoms with Crippen molar-refractivity contribution in [2.75, 3.05) is 24.8 Å². The number of rotatable bonds is 4. The van der Waals surface area contributed by atoms with Crippen LogP contribution in [-0.4, -0.2) is 19.6 Å². The van der Waals surface area contributed by atoms with Crippen molar-refractivity contribution < 1.29 is 22.7 Å². The molecule has 0 saturated carbocycles. The quantitative estimate of drug-likeness (QED) is 0.818. The van der Waals surface area contributed by atoms with Crippen LogP contribution >= 0.6 is 0 Å². The standard InChI is InChI=1S/C11H13F3N2O2/c1-18-5-4-10(17)16-9-3-2-7(6-8(9)15)11(12,13)14/h2-3,6H,4-5,15H2,1H3,(H,16,17). The van der Waals surface area contributed by atoms with Gasteiger partial charge in [-0.2, -0.15) is 13.2 Å². The van der Waals surface area contributed by atoms with E-state index in [0.29, 0.717) is 0 Å². The monoisotopic (exact) mass is 262 g/mol. The van der Waals surface area contributed by atoms with E-state index in [2.05, 4.69) is 5.32 Å². The third-order valence-electron chi connectivity index (χ3n) is 2.19. The second-order valence-electron chi connectivity index (χ2n) is 3.59. The normalized spacial score (nSPS) is 11.3. The molecule has 3 N–H and O–H groups in total. The van der Waals surface area contributed by atoms with Crippen molar-refractivity contribution in [2.24, 2.45) is 0 Å². The van der Waals surface area contributed by atoms with Gasteiger partial charge in [0.05, 0.1) is 30.0 Å². The first-order valence-corrected chi connectivity index (χ1v) is 5.10. The Labute approximate surface area is 102 Å². The summed E-state index contributed by atoms with van der Waals surface area (Å²) in [6.07, 6.45) is -4.34. The number of carbonyl (C=O) groups excluding carboxylic acids is 1. The molecular weight excluding hydrogens is 249 g/mol. The number of halogens is 3. The summed E-state index contributed by atoms with van der Waals surface area (Å²) in [6, 6.07) is 2.77. The number of hydrogen-bond acceptors (Lipinski definition) is 3. The van der Waals surface area contributed by atoms with Crippen molar-refractivity contribution >= 4 is 17.3 Å². The summed E-state index contributed by atoms with van der Waals surface area (Å²) >= 11 is 0. The van der Waals surface area contributed by atoms with E-state index < -0.39 is 11.7 Å². The second kappa shape index (κ2) is 5.72. The number of carbonyl (C=O) groups is 1. The average Bonchev–Trinajstić information content (AvgIpc) is 2.27. The Morgan fingerprint density at radius 3 is 2.61 bits per heavy atom. The van der Waals surface area contributed by atoms with Crippen LogP contribution in [0.15, 0.2) is 18.2 Å². The summed E-state index contributed by atoms with van der Waals surface area (Å²) in [5.74, 6) is -0.372. The summed E-state index contributed by atoms with van der Waals surface area (Å²) < 4.78 is 41.8. The zero-order valence-electron chi connectivity index (χ0n) is 9.67. The van der Waals surface area contributed by atoms with Crippen LogP contribution in [-0.2, 0) is 15.7 Å². The zero-order valence-corrected chi connectivity index (χ0v) is 9.67. The molecule has 7 heteroatoms. The van der Waals surface area contributed by atoms with E-state index in [-0.39, 0.29) is 30.3 Å². The Balaban J connectivity index is 2.77. The summed E-state index contributed by atoms with van der Waals surface area (Å²) in [5, 5.41) is 2.41. The first kappa shape index (κ1) is 14.3. The molecular formula is C11H13F3N2O2. The van der Waals surface area contributed by atoms with Gasteiger partial charge >= 0.3 is 6.18 Å². The van der Waals surface area contributed by atoms with Gasteiger partial charge in [-0.05, 0) is 18.2 Å². The molecule has 0 fully saturated rings. The van der Waals surface area contributed by atoms with E-state index >= 15 is 0 Å². The molecule has 100 valence electrons. The number of benzene rings is 1. The Hall–Kier alpha value is -1.76. The fourth-order valence-electron chi connectivity index (χ4n) is 1.26. The van der Waals surface area contributed by atoms with E-state index in [1.807, 2.05) is 0 Å². The predicted octanol–water partition coefficient (Wildman–Crippen LogP) is 2.26. The molecule has 0 unspecified atom stereocenters. The Kier molecular flexibility index (Phi) is 4.55. The maximum Gasteiger partial charge on any atom is 0.416 e. The van der Waals surface area contributed by atoms with Gasteiger partial charge in [0.25, 0.3) is 0 Å². The SMILES string of the molecule is COCCC(=O)Nc1ccc(C(F)(F)F)cc1N. The minimum Gasteiger partial charge on any atom is -0.397 e. The molecule has 0 heterocycles. The third-order valence-corrected chi connectivity index (χ3v) is 2.19. The van der Waals surface area contributed by atoms with Crippen LogP contribution in [0.2, 0.25) is 0 Å². The van der Waals surface area contributed by atoms with Crippen LogP contribution in [0.1, 0.15) is 12.0 Å². The largest absolute Gasteiger partial charge is 0.416 e. The van der Waals surface area contributed by atoms with Crippen LogP contribution in [0, 0.1) is 0 Å². The van der Waals surface area contributed by atoms with Gasteiger partial charge in [0.2, 0.25) is 5.91 Å². The van der Waals surface area contributed by atoms with Gasteiger partial charge in [0.15, 0.2) is 0 Å². The maximum absolute atomic E-state index is 12.4. The van der Waals surface area contributed by atoms with Crippen LogP contribution < -0.4 is 11.1 Å². The van der Waals surface area contributed by atoms with Gasteiger partial charge < -0.3 is 15.8 Å². The molecule has 0 bridgehead atoms. The molecule has 1 aromatic carbocycles. The zero-order chi connectivity index (χ0) is 13.8. The van der Waals surface area contributed by atoms with E-state index in [1.54, 1.807) is 0 Å². The fourth-order valence-corrected chi connectivity index (χ4v) is 1.26. The van der Waals surface area contributed by atoms with Crippen molar-refractivity contribution in [3.8, 4) is 0 Å². The molecule has 1 rings (SSSR count). The van der Waals surface area contributed by atoms with Crippen LogP contribution in [0.5, 0.6) is 0 Å². The smallest absolute Gasteiger partial charge is 0.397 e. The number of alkyl halides is 3. The lowest BCUT2D eigenvalue weighted by molar-refractivity contribution is -0.137. The molecule has 18 heavy (non-hydrogen) atoms. The first-order valence-electron chi connectivity index (χ1n) is 5.10. The number of nitrogens with two attached hydrogens (primary N) is 1. The number of anilines is 2. The third kappa shape index (κ3) is 3.92. The highest BCUT2D eigenvalue weighted by atomic mass is 19.4. The van der Waals surface area contributed by atoms with E-state index in [0.717, 1.165) is 18.2 Å². The molecule has 1 amide bonds. The number of nitrogen functional groups attached to an aromatic ring is 1. The molecule has 0 aliphatic heterocycles. The summed E-state index contributed by atoms with van der Waals surface area (Å²) in [4.78, 5) is 11.3. The highest BCUT2D eigenvalue weighted by Gasteiger charge is 2.30. The van der Waals surface area contributed by atoms with Crippen molar-refractivity contribution in [1.29, 1.82) is 0 Å². The predicted molar refractivity (Wildman–Crippen MR) is 61.0 cm³/mol. The van der Waals surface area contributed by atoms with Gasteiger partial charge in [0, 0.05) is 7.11 Å². The molecule has 0 atom stereocenters. The van der Waals surface area contributed by atoms with Crippen LogP contribution in [0.25, 0.3) is 0 Å². The van der Waals surface area contributed by atoms with Gasteiger partial charge in [-0.25, -0.2) is 0 Å². The molecule has 0 saturated heterocycles. The summed E-state index contributed by atoms with van der Waals surface area (Å²) in [7, 11) is 1.44. The average molecular weight is 262 g/mol. The van der Waals surface area contributed by atoms with Crippen molar-refractivity contribution in [1.82, 2.24) is 0 Å². The molecule has 0 aromatic heterocycles. The number of ether oxygens (including phenoxy) is 1. The Morgan fingerprint density at radius 2 is 2.11 bits per heavy atom. The van der Waals surface area contributed by atoms with E-state index in [9.17, 15) is 18.0 Å². The topological polar surface area (TPSA) is 64.3 Å². The number of hydrogen-bond donors (Lipinski definition) is 2. The van der Waals surface area contributed by atoms with Crippen LogP contribution in [0.3, 0.4) is 0 Å². The Bertz CT molecular complexity index is 433. The lowest BCUT2D eigenvalue weighted by Crippen LogP contribution is -2.15. The van der Waals surface area contributed by atoms with Gasteiger partial charge in [-0.3, -0.25) is 4.79 Å². The number of nitrogens with one attached hydrogen (secondary N) is 1. The highest BCUT2D eigenvalue weighted by molar-refractivity contribution is 5.93. The molecule has 0 spiro atoms. The highest BCUT2D eigenvalue weighted by Crippen LogP contribution is 2.32. The van der Waals surface area contributed by atoms with Crippen molar-refractivity contribution in [3.63, 3.8) is 0 Å². The van der Waals surface area contributed by atoms with Gasteiger partial charge in [-0.1, -0.05) is 0 Å². The van der Waals surface area contributed by atoms with Crippen LogP contribution in [0.4, 0.5) is 24.5 Å². The minimum absolute atomic E-state index is 0.108. The summed E-state index contributed by atoms with van der Waals surface area (Å²) in [6.45, 7) is 0.229. The lowest BCUT2D eigenvalue weighted by Gasteiger charge is -2.11. The summed E-state index contributed by atoms with van der Waals surface area (Å²) in [5.41, 5.74) is 4.62. The number of amides is 1. The fraction of sp³-hybridized carbons (Fsp3) is 0.364. The molecule has 0 aliphatic carbocycles. The van der Waals surface area contributed by atoms with E-state index in [1.165, 1.54) is 7.11 Å². The molecule has 1 aromatic rings. The van der Waals surface area contributed by atoms with Crippen molar-refractivity contribution in [2.45, 2.75) is 12.6 Å². The minimum atomic E-state index is -4.45. The number of methoxy groups -OCH3 is 1. The lowest BCUT2D eigenvalue weighted by atomic mass is 10.1. The van der Waals surface area contributed by atoms with Gasteiger partial charge in [-0.15, -0.1) is 0 Å². The molecule has 0 radical (unpaired) electrons. The molecule has 0 aliphatic rings. The Morgan fingerprint density at radius 1 is 1.44 bits per heavy atom. The first-order chi connectivity index (χ1) is 8.34. The second-order valence-corrected chi connectivity index (χ2v) is 3.59. The molecule has 4 nitrogen and oxygen atoms in total. The van der Waals surface area contributed by atoms with E-state index in [4.69, 9.17) is 10.5 Å². The van der Waals surface area contributed by atoms with Gasteiger partial charge in [0.1, 0.15) is 0 Å².